The van der Waals surface area contributed by atoms with Gasteiger partial charge in [-0.1, -0.05) is 121 Å². The van der Waals surface area contributed by atoms with Crippen LogP contribution in [0.2, 0.25) is 0 Å². The predicted molar refractivity (Wildman–Crippen MR) is 165 cm³/mol. The van der Waals surface area contributed by atoms with Crippen molar-refractivity contribution in [1.29, 1.82) is 0 Å². The molecular weight excluding hydrogens is 486 g/mol. The molecule has 2 heterocycles. The maximum Gasteiger partial charge on any atom is 0.160 e. The fourth-order valence-corrected chi connectivity index (χ4v) is 4.91. The van der Waals surface area contributed by atoms with Crippen molar-refractivity contribution in [3.8, 4) is 56.2 Å². The van der Waals surface area contributed by atoms with Crippen molar-refractivity contribution >= 4 is 10.8 Å². The molecule has 7 aromatic rings. The van der Waals surface area contributed by atoms with E-state index in [1.54, 1.807) is 12.4 Å². The zero-order chi connectivity index (χ0) is 31.1. The van der Waals surface area contributed by atoms with E-state index in [0.717, 1.165) is 44.2 Å². The molecule has 0 N–H and O–H groups in total. The standard InChI is InChI=1S/C37H25N3/c1-2-10-29(11-3-1)37-39-35(24-36(40-37)31-14-6-13-30(23-31)32-15-8-22-38-25-32)28-20-18-27(19-21-28)34-17-7-12-26-9-4-5-16-33(26)34/h1-25H/i1D,2D,3D,10D,11D. The average Bonchev–Trinajstić information content (AvgIpc) is 3.10. The lowest BCUT2D eigenvalue weighted by atomic mass is 9.97. The number of fused-ring (bicyclic) bond motifs is 1. The van der Waals surface area contributed by atoms with Gasteiger partial charge in [-0.2, -0.15) is 0 Å². The highest BCUT2D eigenvalue weighted by atomic mass is 14.9. The first kappa shape index (κ1) is 18.8. The number of pyridine rings is 1. The molecule has 0 unspecified atom stereocenters. The van der Waals surface area contributed by atoms with Crippen molar-refractivity contribution in [3.63, 3.8) is 0 Å². The molecule has 2 aromatic heterocycles. The number of benzene rings is 5. The van der Waals surface area contributed by atoms with Gasteiger partial charge in [0, 0.05) is 34.6 Å². The molecule has 188 valence electrons. The molecule has 0 aliphatic rings. The molecule has 3 nitrogen and oxygen atoms in total. The van der Waals surface area contributed by atoms with Gasteiger partial charge in [0.2, 0.25) is 0 Å². The first-order chi connectivity index (χ1) is 21.9. The van der Waals surface area contributed by atoms with Gasteiger partial charge in [-0.3, -0.25) is 4.98 Å². The van der Waals surface area contributed by atoms with Gasteiger partial charge in [-0.25, -0.2) is 9.97 Å². The Morgan fingerprint density at radius 2 is 1.20 bits per heavy atom. The van der Waals surface area contributed by atoms with Crippen LogP contribution >= 0.6 is 0 Å². The normalized spacial score (nSPS) is 12.8. The minimum Gasteiger partial charge on any atom is -0.264 e. The molecule has 40 heavy (non-hydrogen) atoms. The Hall–Kier alpha value is -5.41. The van der Waals surface area contributed by atoms with Crippen LogP contribution in [0, 0.1) is 0 Å². The van der Waals surface area contributed by atoms with Gasteiger partial charge in [-0.15, -0.1) is 0 Å². The summed E-state index contributed by atoms with van der Waals surface area (Å²) in [6.45, 7) is 0. The van der Waals surface area contributed by atoms with Crippen LogP contribution in [0.15, 0.2) is 152 Å². The van der Waals surface area contributed by atoms with Gasteiger partial charge in [0.25, 0.3) is 0 Å². The third-order valence-electron chi connectivity index (χ3n) is 6.88. The van der Waals surface area contributed by atoms with Crippen LogP contribution in [-0.4, -0.2) is 15.0 Å². The molecule has 0 atom stereocenters. The van der Waals surface area contributed by atoms with Crippen LogP contribution < -0.4 is 0 Å². The molecule has 0 saturated heterocycles. The van der Waals surface area contributed by atoms with Gasteiger partial charge >= 0.3 is 0 Å². The van der Waals surface area contributed by atoms with E-state index in [2.05, 4.69) is 29.2 Å². The van der Waals surface area contributed by atoms with Gasteiger partial charge in [0.1, 0.15) is 0 Å². The number of nitrogens with zero attached hydrogens (tertiary/aromatic N) is 3. The van der Waals surface area contributed by atoms with Crippen molar-refractivity contribution in [1.82, 2.24) is 15.0 Å². The van der Waals surface area contributed by atoms with E-state index in [9.17, 15) is 0 Å². The molecular formula is C37H25N3. The largest absolute Gasteiger partial charge is 0.264 e. The van der Waals surface area contributed by atoms with Crippen molar-refractivity contribution in [2.45, 2.75) is 0 Å². The van der Waals surface area contributed by atoms with Crippen LogP contribution in [0.3, 0.4) is 0 Å². The van der Waals surface area contributed by atoms with Gasteiger partial charge in [0.05, 0.1) is 18.2 Å². The molecule has 0 fully saturated rings. The monoisotopic (exact) mass is 516 g/mol. The van der Waals surface area contributed by atoms with Gasteiger partial charge in [-0.05, 0) is 45.7 Å². The lowest BCUT2D eigenvalue weighted by Crippen LogP contribution is -1.96. The third-order valence-corrected chi connectivity index (χ3v) is 6.88. The highest BCUT2D eigenvalue weighted by molar-refractivity contribution is 5.96. The lowest BCUT2D eigenvalue weighted by Gasteiger charge is -2.11. The Kier molecular flexibility index (Phi) is 4.88. The summed E-state index contributed by atoms with van der Waals surface area (Å²) in [5.74, 6) is 0.0596. The van der Waals surface area contributed by atoms with E-state index < -0.39 is 18.1 Å². The van der Waals surface area contributed by atoms with Crippen molar-refractivity contribution in [2.75, 3.05) is 0 Å². The van der Waals surface area contributed by atoms with E-state index >= 15 is 0 Å². The number of hydrogen-bond acceptors (Lipinski definition) is 3. The second kappa shape index (κ2) is 10.4. The van der Waals surface area contributed by atoms with Crippen molar-refractivity contribution in [3.05, 3.63) is 152 Å². The smallest absolute Gasteiger partial charge is 0.160 e. The fraction of sp³-hybridized carbons (Fsp3) is 0. The molecule has 0 aliphatic heterocycles. The fourth-order valence-electron chi connectivity index (χ4n) is 4.91. The molecule has 0 aliphatic carbocycles. The Labute approximate surface area is 240 Å². The summed E-state index contributed by atoms with van der Waals surface area (Å²) in [4.78, 5) is 13.8. The maximum absolute atomic E-state index is 8.60. The molecule has 3 heteroatoms. The summed E-state index contributed by atoms with van der Waals surface area (Å²) in [6.07, 6.45) is 3.52. The van der Waals surface area contributed by atoms with E-state index in [1.807, 2.05) is 84.9 Å². The van der Waals surface area contributed by atoms with Gasteiger partial charge < -0.3 is 0 Å². The second-order valence-corrected chi connectivity index (χ2v) is 9.39. The first-order valence-electron chi connectivity index (χ1n) is 15.4. The van der Waals surface area contributed by atoms with E-state index in [4.69, 9.17) is 16.8 Å². The zero-order valence-corrected chi connectivity index (χ0v) is 21.4. The lowest BCUT2D eigenvalue weighted by molar-refractivity contribution is 1.18. The molecule has 0 saturated carbocycles. The van der Waals surface area contributed by atoms with Gasteiger partial charge in [0.15, 0.2) is 5.82 Å². The van der Waals surface area contributed by atoms with E-state index in [0.29, 0.717) is 11.4 Å². The molecule has 0 amide bonds. The Morgan fingerprint density at radius 3 is 2.02 bits per heavy atom. The van der Waals surface area contributed by atoms with E-state index in [-0.39, 0.29) is 23.5 Å². The van der Waals surface area contributed by atoms with Crippen LogP contribution in [0.25, 0.3) is 66.9 Å². The second-order valence-electron chi connectivity index (χ2n) is 9.39. The summed E-state index contributed by atoms with van der Waals surface area (Å²) in [5, 5.41) is 2.32. The summed E-state index contributed by atoms with van der Waals surface area (Å²) in [7, 11) is 0. The number of aromatic nitrogens is 3. The van der Waals surface area contributed by atoms with Crippen LogP contribution in [0.1, 0.15) is 6.85 Å². The Balaban J connectivity index is 1.40. The average molecular weight is 517 g/mol. The van der Waals surface area contributed by atoms with Crippen molar-refractivity contribution in [2.24, 2.45) is 0 Å². The predicted octanol–water partition coefficient (Wildman–Crippen LogP) is 9.36. The van der Waals surface area contributed by atoms with Crippen LogP contribution in [0.5, 0.6) is 0 Å². The number of rotatable bonds is 5. The molecule has 0 spiro atoms. The maximum atomic E-state index is 8.60. The SMILES string of the molecule is [2H]c1c([2H])c([2H])c(-c2nc(-c3ccc(-c4cccc5ccccc45)cc3)cc(-c3cccc(-c4cccnc4)c3)n2)c([2H])c1[2H]. The summed E-state index contributed by atoms with van der Waals surface area (Å²) >= 11 is 0. The molecule has 0 bridgehead atoms. The van der Waals surface area contributed by atoms with Crippen LogP contribution in [0.4, 0.5) is 0 Å². The molecule has 0 radical (unpaired) electrons. The Morgan fingerprint density at radius 1 is 0.500 bits per heavy atom. The minimum absolute atomic E-state index is 0.0418. The summed E-state index contributed by atoms with van der Waals surface area (Å²) < 4.78 is 41.7. The highest BCUT2D eigenvalue weighted by Crippen LogP contribution is 2.33. The zero-order valence-electron chi connectivity index (χ0n) is 26.4. The molecule has 5 aromatic carbocycles. The van der Waals surface area contributed by atoms with Crippen LogP contribution in [-0.2, 0) is 0 Å². The van der Waals surface area contributed by atoms with Crippen molar-refractivity contribution < 1.29 is 6.85 Å². The number of hydrogen-bond donors (Lipinski definition) is 0. The summed E-state index contributed by atoms with van der Waals surface area (Å²) in [6, 6.07) is 34.2. The van der Waals surface area contributed by atoms with E-state index in [1.165, 1.54) is 0 Å². The summed E-state index contributed by atoms with van der Waals surface area (Å²) in [5.41, 5.74) is 6.76. The minimum atomic E-state index is -0.460. The Bertz CT molecular complexity index is 2180. The first-order valence-corrected chi connectivity index (χ1v) is 12.9. The highest BCUT2D eigenvalue weighted by Gasteiger charge is 2.12. The third kappa shape index (κ3) is 4.65. The quantitative estimate of drug-likeness (QED) is 0.229. The molecule has 7 rings (SSSR count). The topological polar surface area (TPSA) is 38.7 Å².